The molecule has 6 nitrogen and oxygen atoms in total. The minimum Gasteiger partial charge on any atom is -0.445 e. The van der Waals surface area contributed by atoms with Crippen molar-refractivity contribution < 1.29 is 19.4 Å². The molecular weight excluding hydrogens is 308 g/mol. The number of rotatable bonds is 6. The Bertz CT molecular complexity index is 671. The van der Waals surface area contributed by atoms with E-state index < -0.39 is 24.6 Å². The lowest BCUT2D eigenvalue weighted by molar-refractivity contribution is -0.118. The molecule has 0 heterocycles. The van der Waals surface area contributed by atoms with E-state index in [-0.39, 0.29) is 6.61 Å². The summed E-state index contributed by atoms with van der Waals surface area (Å²) in [5.41, 5.74) is 2.48. The monoisotopic (exact) mass is 328 g/mol. The van der Waals surface area contributed by atoms with Gasteiger partial charge in [0.15, 0.2) is 0 Å². The molecule has 0 unspecified atom stereocenters. The maximum atomic E-state index is 12.1. The Morgan fingerprint density at radius 1 is 1.08 bits per heavy atom. The first kappa shape index (κ1) is 17.5. The van der Waals surface area contributed by atoms with Crippen molar-refractivity contribution in [2.75, 3.05) is 11.9 Å². The lowest BCUT2D eigenvalue weighted by atomic mass is 10.2. The Morgan fingerprint density at radius 3 is 2.38 bits per heavy atom. The number of hydrogen-bond donors (Lipinski definition) is 3. The average Bonchev–Trinajstić information content (AvgIpc) is 2.60. The maximum absolute atomic E-state index is 12.1. The molecule has 0 aliphatic heterocycles. The summed E-state index contributed by atoms with van der Waals surface area (Å²) in [4.78, 5) is 23.9. The number of hydrogen-bond acceptors (Lipinski definition) is 4. The average molecular weight is 328 g/mol. The van der Waals surface area contributed by atoms with E-state index in [2.05, 4.69) is 10.6 Å². The number of aryl methyl sites for hydroxylation is 1. The molecule has 0 aromatic heterocycles. The van der Waals surface area contributed by atoms with Gasteiger partial charge in [-0.2, -0.15) is 0 Å². The topological polar surface area (TPSA) is 87.7 Å². The number of anilines is 1. The van der Waals surface area contributed by atoms with Gasteiger partial charge in [-0.3, -0.25) is 4.79 Å². The lowest BCUT2D eigenvalue weighted by Gasteiger charge is -2.16. The largest absolute Gasteiger partial charge is 0.445 e. The quantitative estimate of drug-likeness (QED) is 0.759. The van der Waals surface area contributed by atoms with Gasteiger partial charge in [-0.05, 0) is 24.6 Å². The van der Waals surface area contributed by atoms with Gasteiger partial charge in [0, 0.05) is 5.69 Å². The van der Waals surface area contributed by atoms with Crippen LogP contribution in [0.25, 0.3) is 0 Å². The molecule has 2 aromatic carbocycles. The van der Waals surface area contributed by atoms with E-state index in [1.165, 1.54) is 0 Å². The molecule has 0 spiro atoms. The van der Waals surface area contributed by atoms with Crippen LogP contribution in [0.5, 0.6) is 0 Å². The summed E-state index contributed by atoms with van der Waals surface area (Å²) in [5.74, 6) is -0.516. The molecule has 0 aliphatic rings. The van der Waals surface area contributed by atoms with Crippen molar-refractivity contribution in [1.82, 2.24) is 5.32 Å². The third-order valence-corrected chi connectivity index (χ3v) is 3.32. The number of benzene rings is 2. The molecule has 3 N–H and O–H groups in total. The van der Waals surface area contributed by atoms with Crippen molar-refractivity contribution in [3.05, 3.63) is 65.7 Å². The molecule has 126 valence electrons. The van der Waals surface area contributed by atoms with Crippen molar-refractivity contribution in [1.29, 1.82) is 0 Å². The first-order valence-corrected chi connectivity index (χ1v) is 7.54. The van der Waals surface area contributed by atoms with E-state index in [9.17, 15) is 14.7 Å². The Hall–Kier alpha value is -2.86. The fraction of sp³-hybridized carbons (Fsp3) is 0.222. The normalized spacial score (nSPS) is 11.4. The van der Waals surface area contributed by atoms with Gasteiger partial charge in [0.05, 0.1) is 6.61 Å². The molecule has 2 amide bonds. The standard InChI is InChI=1S/C18H20N2O4/c1-13-7-9-15(10-8-13)19-17(22)16(11-21)20-18(23)24-12-14-5-3-2-4-6-14/h2-10,16,21H,11-12H2,1H3,(H,19,22)(H,20,23)/t16-/m0/s1. The molecule has 0 saturated heterocycles. The number of ether oxygens (including phenoxy) is 1. The molecule has 6 heteroatoms. The third-order valence-electron chi connectivity index (χ3n) is 3.32. The van der Waals surface area contributed by atoms with Crippen LogP contribution in [0, 0.1) is 6.92 Å². The van der Waals surface area contributed by atoms with Crippen LogP contribution in [0.1, 0.15) is 11.1 Å². The molecule has 0 bridgehead atoms. The van der Waals surface area contributed by atoms with Crippen LogP contribution in [-0.2, 0) is 16.1 Å². The number of aliphatic hydroxyl groups is 1. The van der Waals surface area contributed by atoms with Crippen LogP contribution >= 0.6 is 0 Å². The third kappa shape index (κ3) is 5.40. The molecular formula is C18H20N2O4. The van der Waals surface area contributed by atoms with Crippen LogP contribution in [0.3, 0.4) is 0 Å². The smallest absolute Gasteiger partial charge is 0.408 e. The first-order valence-electron chi connectivity index (χ1n) is 7.54. The second-order valence-electron chi connectivity index (χ2n) is 5.30. The molecule has 24 heavy (non-hydrogen) atoms. The minimum atomic E-state index is -1.09. The fourth-order valence-corrected chi connectivity index (χ4v) is 1.97. The Kier molecular flexibility index (Phi) is 6.33. The number of aliphatic hydroxyl groups excluding tert-OH is 1. The lowest BCUT2D eigenvalue weighted by Crippen LogP contribution is -2.46. The first-order chi connectivity index (χ1) is 11.6. The zero-order chi connectivity index (χ0) is 17.4. The summed E-state index contributed by atoms with van der Waals surface area (Å²) < 4.78 is 5.04. The summed E-state index contributed by atoms with van der Waals surface area (Å²) in [6.07, 6.45) is -0.767. The summed E-state index contributed by atoms with van der Waals surface area (Å²) in [6.45, 7) is 1.50. The molecule has 0 saturated carbocycles. The van der Waals surface area contributed by atoms with Gasteiger partial charge >= 0.3 is 6.09 Å². The number of nitrogens with one attached hydrogen (secondary N) is 2. The van der Waals surface area contributed by atoms with Gasteiger partial charge in [-0.15, -0.1) is 0 Å². The van der Waals surface area contributed by atoms with Gasteiger partial charge in [0.1, 0.15) is 12.6 Å². The maximum Gasteiger partial charge on any atom is 0.408 e. The second kappa shape index (κ2) is 8.69. The van der Waals surface area contributed by atoms with Crippen LogP contribution in [0.2, 0.25) is 0 Å². The van der Waals surface area contributed by atoms with Gasteiger partial charge in [0.2, 0.25) is 5.91 Å². The summed E-state index contributed by atoms with van der Waals surface area (Å²) in [7, 11) is 0. The van der Waals surface area contributed by atoms with Gasteiger partial charge in [-0.1, -0.05) is 48.0 Å². The summed E-state index contributed by atoms with van der Waals surface area (Å²) >= 11 is 0. The van der Waals surface area contributed by atoms with Gasteiger partial charge in [-0.25, -0.2) is 4.79 Å². The van der Waals surface area contributed by atoms with E-state index in [0.717, 1.165) is 11.1 Å². The van der Waals surface area contributed by atoms with Crippen molar-refractivity contribution in [2.45, 2.75) is 19.6 Å². The number of carbonyl (C=O) groups excluding carboxylic acids is 2. The van der Waals surface area contributed by atoms with E-state index in [1.807, 2.05) is 49.4 Å². The van der Waals surface area contributed by atoms with Crippen LogP contribution in [0.4, 0.5) is 10.5 Å². The second-order valence-corrected chi connectivity index (χ2v) is 5.30. The predicted octanol–water partition coefficient (Wildman–Crippen LogP) is 2.22. The van der Waals surface area contributed by atoms with Crippen LogP contribution in [0.15, 0.2) is 54.6 Å². The van der Waals surface area contributed by atoms with Crippen LogP contribution in [-0.4, -0.2) is 29.8 Å². The molecule has 2 rings (SSSR count). The summed E-state index contributed by atoms with van der Waals surface area (Å²) in [5, 5.41) is 14.3. The number of amides is 2. The van der Waals surface area contributed by atoms with Crippen molar-refractivity contribution >= 4 is 17.7 Å². The van der Waals surface area contributed by atoms with E-state index in [0.29, 0.717) is 5.69 Å². The molecule has 0 radical (unpaired) electrons. The van der Waals surface area contributed by atoms with Gasteiger partial charge < -0.3 is 20.5 Å². The van der Waals surface area contributed by atoms with Crippen LogP contribution < -0.4 is 10.6 Å². The SMILES string of the molecule is Cc1ccc(NC(=O)[C@H](CO)NC(=O)OCc2ccccc2)cc1. The van der Waals surface area contributed by atoms with Crippen molar-refractivity contribution in [2.24, 2.45) is 0 Å². The molecule has 0 aliphatic carbocycles. The fourth-order valence-electron chi connectivity index (χ4n) is 1.97. The van der Waals surface area contributed by atoms with E-state index in [4.69, 9.17) is 4.74 Å². The Morgan fingerprint density at radius 2 is 1.75 bits per heavy atom. The highest BCUT2D eigenvalue weighted by atomic mass is 16.5. The van der Waals surface area contributed by atoms with Crippen molar-refractivity contribution in [3.63, 3.8) is 0 Å². The highest BCUT2D eigenvalue weighted by Crippen LogP contribution is 2.09. The highest BCUT2D eigenvalue weighted by Gasteiger charge is 2.20. The Balaban J connectivity index is 1.84. The minimum absolute atomic E-state index is 0.0877. The molecule has 0 fully saturated rings. The number of alkyl carbamates (subject to hydrolysis) is 1. The summed E-state index contributed by atoms with van der Waals surface area (Å²) in [6, 6.07) is 15.3. The highest BCUT2D eigenvalue weighted by molar-refractivity contribution is 5.96. The van der Waals surface area contributed by atoms with Crippen molar-refractivity contribution in [3.8, 4) is 0 Å². The predicted molar refractivity (Wildman–Crippen MR) is 90.4 cm³/mol. The molecule has 1 atom stereocenters. The zero-order valence-electron chi connectivity index (χ0n) is 13.4. The molecule has 2 aromatic rings. The zero-order valence-corrected chi connectivity index (χ0v) is 13.4. The van der Waals surface area contributed by atoms with E-state index in [1.54, 1.807) is 12.1 Å². The number of carbonyl (C=O) groups is 2. The van der Waals surface area contributed by atoms with Gasteiger partial charge in [0.25, 0.3) is 0 Å². The Labute approximate surface area is 140 Å². The van der Waals surface area contributed by atoms with E-state index >= 15 is 0 Å².